The van der Waals surface area contributed by atoms with Gasteiger partial charge in [-0.1, -0.05) is 6.92 Å². The first-order chi connectivity index (χ1) is 12.2. The molecule has 1 aliphatic heterocycles. The second-order valence-corrected chi connectivity index (χ2v) is 7.31. The Kier molecular flexibility index (Phi) is 7.74. The van der Waals surface area contributed by atoms with E-state index in [1.807, 2.05) is 6.92 Å². The maximum absolute atomic E-state index is 10.4. The lowest BCUT2D eigenvalue weighted by molar-refractivity contribution is -0.301. The molecule has 2 rings (SSSR count). The van der Waals surface area contributed by atoms with Crippen LogP contribution in [0.5, 0.6) is 0 Å². The van der Waals surface area contributed by atoms with Gasteiger partial charge in [0, 0.05) is 12.1 Å². The number of aliphatic hydroxyl groups excluding tert-OH is 5. The van der Waals surface area contributed by atoms with Crippen molar-refractivity contribution in [3.63, 3.8) is 0 Å². The molecule has 0 spiro atoms. The molecule has 10 heteroatoms. The maximum Gasteiger partial charge on any atom is 0.176 e. The number of nitrogens with two attached hydrogens (primary N) is 2. The molecule has 2 fully saturated rings. The second kappa shape index (κ2) is 9.20. The van der Waals surface area contributed by atoms with E-state index in [0.717, 1.165) is 6.42 Å². The van der Waals surface area contributed by atoms with Crippen LogP contribution >= 0.6 is 0 Å². The molecule has 1 saturated carbocycles. The highest BCUT2D eigenvalue weighted by Gasteiger charge is 2.49. The van der Waals surface area contributed by atoms with E-state index in [4.69, 9.17) is 20.9 Å². The predicted octanol–water partition coefficient (Wildman–Crippen LogP) is -3.65. The molecule has 10 N–H and O–H groups in total. The predicted molar refractivity (Wildman–Crippen MR) is 91.9 cm³/mol. The van der Waals surface area contributed by atoms with E-state index in [9.17, 15) is 25.5 Å². The lowest BCUT2D eigenvalue weighted by atomic mass is 9.84. The molecule has 0 aromatic carbocycles. The summed E-state index contributed by atoms with van der Waals surface area (Å²) in [6.45, 7) is 4.08. The van der Waals surface area contributed by atoms with E-state index in [0.29, 0.717) is 13.0 Å². The third kappa shape index (κ3) is 4.53. The molecule has 26 heavy (non-hydrogen) atoms. The van der Waals surface area contributed by atoms with Crippen LogP contribution in [0.2, 0.25) is 0 Å². The monoisotopic (exact) mass is 379 g/mol. The number of hydrogen-bond acceptors (Lipinski definition) is 10. The summed E-state index contributed by atoms with van der Waals surface area (Å²) in [7, 11) is 0. The van der Waals surface area contributed by atoms with Gasteiger partial charge >= 0.3 is 0 Å². The minimum atomic E-state index is -1.38. The summed E-state index contributed by atoms with van der Waals surface area (Å²) in [5.41, 5.74) is 12.0. The summed E-state index contributed by atoms with van der Waals surface area (Å²) in [5, 5.41) is 53.7. The normalized spacial score (nSPS) is 48.3. The van der Waals surface area contributed by atoms with Gasteiger partial charge in [-0.05, 0) is 26.3 Å². The van der Waals surface area contributed by atoms with Crippen LogP contribution in [-0.2, 0) is 9.47 Å². The molecular weight excluding hydrogens is 346 g/mol. The van der Waals surface area contributed by atoms with Crippen LogP contribution in [0, 0.1) is 0 Å². The van der Waals surface area contributed by atoms with Crippen molar-refractivity contribution in [1.82, 2.24) is 5.32 Å². The van der Waals surface area contributed by atoms with Gasteiger partial charge in [0.2, 0.25) is 0 Å². The molecule has 10 nitrogen and oxygen atoms in total. The van der Waals surface area contributed by atoms with Crippen molar-refractivity contribution in [2.24, 2.45) is 11.5 Å². The van der Waals surface area contributed by atoms with Gasteiger partial charge in [-0.25, -0.2) is 0 Å². The molecule has 11 atom stereocenters. The van der Waals surface area contributed by atoms with Crippen LogP contribution in [0.25, 0.3) is 0 Å². The summed E-state index contributed by atoms with van der Waals surface area (Å²) in [4.78, 5) is 0. The SMILES string of the molecule is CCCN[C@@H]1CC(N)[C@@H](O[C@H]2OC(C(C)O)[C@@H](O)C(O)[C@@H]2N)C(O)[C@@H]1O. The van der Waals surface area contributed by atoms with Crippen LogP contribution in [0.4, 0.5) is 0 Å². The number of rotatable bonds is 6. The minimum Gasteiger partial charge on any atom is -0.391 e. The Morgan fingerprint density at radius 1 is 1.12 bits per heavy atom. The Morgan fingerprint density at radius 3 is 2.35 bits per heavy atom. The van der Waals surface area contributed by atoms with Gasteiger partial charge in [0.1, 0.15) is 30.5 Å². The second-order valence-electron chi connectivity index (χ2n) is 7.31. The molecule has 2 aliphatic rings. The minimum absolute atomic E-state index is 0.363. The number of ether oxygens (including phenoxy) is 2. The lowest BCUT2D eigenvalue weighted by Gasteiger charge is -2.47. The van der Waals surface area contributed by atoms with Gasteiger partial charge < -0.3 is 51.8 Å². The Labute approximate surface area is 153 Å². The highest BCUT2D eigenvalue weighted by atomic mass is 16.7. The van der Waals surface area contributed by atoms with Crippen molar-refractivity contribution in [3.05, 3.63) is 0 Å². The first kappa shape index (κ1) is 21.9. The zero-order valence-electron chi connectivity index (χ0n) is 15.2. The first-order valence-corrected chi connectivity index (χ1v) is 9.14. The van der Waals surface area contributed by atoms with Crippen LogP contribution in [-0.4, -0.2) is 99.2 Å². The van der Waals surface area contributed by atoms with E-state index in [1.54, 1.807) is 0 Å². The quantitative estimate of drug-likeness (QED) is 0.229. The molecule has 0 amide bonds. The number of hydrogen-bond donors (Lipinski definition) is 8. The van der Waals surface area contributed by atoms with Gasteiger partial charge in [0.15, 0.2) is 6.29 Å². The molecule has 0 aromatic rings. The van der Waals surface area contributed by atoms with Crippen molar-refractivity contribution in [2.45, 2.75) is 93.8 Å². The molecule has 5 unspecified atom stereocenters. The summed E-state index contributed by atoms with van der Waals surface area (Å²) < 4.78 is 11.2. The van der Waals surface area contributed by atoms with Crippen LogP contribution in [0.1, 0.15) is 26.7 Å². The smallest absolute Gasteiger partial charge is 0.176 e. The molecular formula is C16H33N3O7. The molecule has 0 bridgehead atoms. The van der Waals surface area contributed by atoms with Crippen molar-refractivity contribution >= 4 is 0 Å². The summed E-state index contributed by atoms with van der Waals surface area (Å²) in [6.07, 6.45) is -8.23. The highest BCUT2D eigenvalue weighted by molar-refractivity contribution is 5.00. The van der Waals surface area contributed by atoms with E-state index in [-0.39, 0.29) is 6.04 Å². The zero-order valence-corrected chi connectivity index (χ0v) is 15.2. The van der Waals surface area contributed by atoms with Gasteiger partial charge in [0.25, 0.3) is 0 Å². The van der Waals surface area contributed by atoms with E-state index in [1.165, 1.54) is 6.92 Å². The van der Waals surface area contributed by atoms with Crippen LogP contribution in [0.3, 0.4) is 0 Å². The molecule has 1 saturated heterocycles. The molecule has 1 aliphatic carbocycles. The largest absolute Gasteiger partial charge is 0.391 e. The standard InChI is InChI=1S/C16H33N3O7/c1-3-4-19-8-5-7(17)15(12(23)10(8)21)26-16-9(18)11(22)13(24)14(25-16)6(2)20/h6-16,19-24H,3-5,17-18H2,1-2H3/t6?,7?,8-,9+,10-,11?,12?,13+,14?,15-,16-/m1/s1. The van der Waals surface area contributed by atoms with E-state index < -0.39 is 61.1 Å². The Hall–Kier alpha value is -0.400. The fourth-order valence-electron chi connectivity index (χ4n) is 3.55. The number of nitrogens with one attached hydrogen (secondary N) is 1. The molecule has 0 aromatic heterocycles. The van der Waals surface area contributed by atoms with Crippen molar-refractivity contribution in [3.8, 4) is 0 Å². The summed E-state index contributed by atoms with van der Waals surface area (Å²) >= 11 is 0. The Balaban J connectivity index is 2.06. The molecule has 1 heterocycles. The Bertz CT molecular complexity index is 444. The molecule has 154 valence electrons. The first-order valence-electron chi connectivity index (χ1n) is 9.14. The van der Waals surface area contributed by atoms with Gasteiger partial charge in [-0.2, -0.15) is 0 Å². The molecule has 0 radical (unpaired) electrons. The topological polar surface area (TPSA) is 184 Å². The fraction of sp³-hybridized carbons (Fsp3) is 1.00. The fourth-order valence-corrected chi connectivity index (χ4v) is 3.55. The maximum atomic E-state index is 10.4. The van der Waals surface area contributed by atoms with Gasteiger partial charge in [-0.15, -0.1) is 0 Å². The highest BCUT2D eigenvalue weighted by Crippen LogP contribution is 2.28. The van der Waals surface area contributed by atoms with E-state index >= 15 is 0 Å². The average molecular weight is 379 g/mol. The van der Waals surface area contributed by atoms with Gasteiger partial charge in [0.05, 0.1) is 18.2 Å². The van der Waals surface area contributed by atoms with Crippen molar-refractivity contribution in [1.29, 1.82) is 0 Å². The number of aliphatic hydroxyl groups is 5. The Morgan fingerprint density at radius 2 is 1.77 bits per heavy atom. The van der Waals surface area contributed by atoms with Crippen LogP contribution < -0.4 is 16.8 Å². The van der Waals surface area contributed by atoms with Crippen LogP contribution in [0.15, 0.2) is 0 Å². The van der Waals surface area contributed by atoms with Crippen molar-refractivity contribution < 1.29 is 35.0 Å². The lowest BCUT2D eigenvalue weighted by Crippen LogP contribution is -2.68. The summed E-state index contributed by atoms with van der Waals surface area (Å²) in [6, 6.07) is -2.07. The third-order valence-electron chi connectivity index (χ3n) is 5.16. The van der Waals surface area contributed by atoms with Crippen molar-refractivity contribution in [2.75, 3.05) is 6.54 Å². The zero-order chi connectivity index (χ0) is 19.6. The van der Waals surface area contributed by atoms with Gasteiger partial charge in [-0.3, -0.25) is 0 Å². The average Bonchev–Trinajstić information content (AvgIpc) is 2.60. The summed E-state index contributed by atoms with van der Waals surface area (Å²) in [5.74, 6) is 0. The van der Waals surface area contributed by atoms with E-state index in [2.05, 4.69) is 5.32 Å². The third-order valence-corrected chi connectivity index (χ3v) is 5.16.